The van der Waals surface area contributed by atoms with Crippen molar-refractivity contribution in [2.45, 2.75) is 6.54 Å². The summed E-state index contributed by atoms with van der Waals surface area (Å²) in [7, 11) is 0. The van der Waals surface area contributed by atoms with Crippen LogP contribution in [0.15, 0.2) is 54.9 Å². The van der Waals surface area contributed by atoms with Crippen LogP contribution in [0.4, 0.5) is 10.1 Å². The van der Waals surface area contributed by atoms with Gasteiger partial charge < -0.3 is 5.32 Å². The second kappa shape index (κ2) is 7.07. The van der Waals surface area contributed by atoms with Crippen molar-refractivity contribution in [3.8, 4) is 17.1 Å². The Morgan fingerprint density at radius 2 is 1.89 bits per heavy atom. The largest absolute Gasteiger partial charge is 0.324 e. The summed E-state index contributed by atoms with van der Waals surface area (Å²) in [5.74, 6) is -0.410. The number of hydrogen-bond acceptors (Lipinski definition) is 7. The highest BCUT2D eigenvalue weighted by molar-refractivity contribution is 5.90. The van der Waals surface area contributed by atoms with Gasteiger partial charge in [0.05, 0.1) is 5.69 Å². The Morgan fingerprint density at radius 1 is 1.07 bits per heavy atom. The first-order chi connectivity index (χ1) is 13.2. The predicted octanol–water partition coefficient (Wildman–Crippen LogP) is 1.09. The van der Waals surface area contributed by atoms with Gasteiger partial charge in [-0.25, -0.2) is 4.39 Å². The normalized spacial score (nSPS) is 10.7. The van der Waals surface area contributed by atoms with E-state index < -0.39 is 0 Å². The minimum atomic E-state index is -0.378. The summed E-state index contributed by atoms with van der Waals surface area (Å²) in [6.07, 6.45) is 1.46. The smallest absolute Gasteiger partial charge is 0.248 e. The fourth-order valence-electron chi connectivity index (χ4n) is 2.41. The monoisotopic (exact) mass is 365 g/mol. The van der Waals surface area contributed by atoms with Gasteiger partial charge in [-0.3, -0.25) is 4.79 Å². The van der Waals surface area contributed by atoms with Gasteiger partial charge in [0.25, 0.3) is 0 Å². The molecule has 11 heteroatoms. The highest BCUT2D eigenvalue weighted by atomic mass is 19.1. The number of para-hydroxylation sites is 1. The number of rotatable bonds is 5. The molecular formula is C16H12FN9O. The summed E-state index contributed by atoms with van der Waals surface area (Å²) < 4.78 is 14.4. The first-order valence-electron chi connectivity index (χ1n) is 7.85. The third-order valence-corrected chi connectivity index (χ3v) is 3.61. The first-order valence-corrected chi connectivity index (χ1v) is 7.85. The van der Waals surface area contributed by atoms with Crippen LogP contribution in [0, 0.1) is 5.82 Å². The van der Waals surface area contributed by atoms with Crippen LogP contribution in [0.3, 0.4) is 0 Å². The van der Waals surface area contributed by atoms with E-state index in [-0.39, 0.29) is 18.3 Å². The number of carbonyl (C=O) groups is 1. The van der Waals surface area contributed by atoms with Crippen molar-refractivity contribution in [1.82, 2.24) is 40.4 Å². The van der Waals surface area contributed by atoms with Crippen LogP contribution in [-0.2, 0) is 11.3 Å². The van der Waals surface area contributed by atoms with Crippen molar-refractivity contribution in [1.29, 1.82) is 0 Å². The fraction of sp³-hybridized carbons (Fsp3) is 0.0625. The van der Waals surface area contributed by atoms with E-state index in [0.29, 0.717) is 22.8 Å². The van der Waals surface area contributed by atoms with Crippen LogP contribution in [0.5, 0.6) is 0 Å². The molecule has 2 aromatic heterocycles. The van der Waals surface area contributed by atoms with Crippen molar-refractivity contribution in [2.24, 2.45) is 0 Å². The Hall–Kier alpha value is -4.02. The summed E-state index contributed by atoms with van der Waals surface area (Å²) >= 11 is 0. The molecule has 2 heterocycles. The van der Waals surface area contributed by atoms with Crippen LogP contribution in [0.25, 0.3) is 17.1 Å². The molecule has 2 aromatic carbocycles. The quantitative estimate of drug-likeness (QED) is 0.563. The van der Waals surface area contributed by atoms with Gasteiger partial charge in [0.2, 0.25) is 11.7 Å². The van der Waals surface area contributed by atoms with Crippen molar-refractivity contribution < 1.29 is 9.18 Å². The lowest BCUT2D eigenvalue weighted by atomic mass is 10.1. The minimum absolute atomic E-state index is 0.141. The van der Waals surface area contributed by atoms with Crippen LogP contribution >= 0.6 is 0 Å². The number of nitrogens with zero attached hydrogens (tertiary/aromatic N) is 8. The third kappa shape index (κ3) is 3.66. The number of carbonyl (C=O) groups excluding carboxylic acids is 1. The summed E-state index contributed by atoms with van der Waals surface area (Å²) in [6.45, 7) is -0.141. The number of nitrogens with one attached hydrogen (secondary N) is 1. The summed E-state index contributed by atoms with van der Waals surface area (Å²) in [5, 5.41) is 25.9. The minimum Gasteiger partial charge on any atom is -0.324 e. The van der Waals surface area contributed by atoms with Crippen LogP contribution < -0.4 is 5.32 Å². The molecule has 0 atom stereocenters. The van der Waals surface area contributed by atoms with E-state index in [1.807, 2.05) is 18.2 Å². The van der Waals surface area contributed by atoms with Gasteiger partial charge in [0.15, 0.2) is 0 Å². The average molecular weight is 365 g/mol. The number of anilines is 1. The van der Waals surface area contributed by atoms with E-state index >= 15 is 0 Å². The van der Waals surface area contributed by atoms with Crippen molar-refractivity contribution in [3.05, 3.63) is 60.7 Å². The molecular weight excluding hydrogens is 353 g/mol. The van der Waals surface area contributed by atoms with Crippen molar-refractivity contribution in [3.63, 3.8) is 0 Å². The molecule has 1 amide bonds. The van der Waals surface area contributed by atoms with Gasteiger partial charge in [-0.2, -0.15) is 9.48 Å². The Morgan fingerprint density at radius 3 is 2.67 bits per heavy atom. The second-order valence-electron chi connectivity index (χ2n) is 5.47. The number of tetrazole rings is 2. The van der Waals surface area contributed by atoms with Crippen molar-refractivity contribution in [2.75, 3.05) is 5.32 Å². The molecule has 0 aliphatic heterocycles. The third-order valence-electron chi connectivity index (χ3n) is 3.61. The molecule has 0 saturated heterocycles. The molecule has 4 rings (SSSR count). The Balaban J connectivity index is 1.51. The SMILES string of the molecule is O=C(Cn1nnc(-c2ccccc2-n2cnnn2)n1)Nc1ccc(F)cc1. The molecule has 0 saturated carbocycles. The molecule has 1 N–H and O–H groups in total. The topological polar surface area (TPSA) is 116 Å². The van der Waals surface area contributed by atoms with Gasteiger partial charge in [0.1, 0.15) is 18.7 Å². The summed E-state index contributed by atoms with van der Waals surface area (Å²) in [5.41, 5.74) is 1.82. The van der Waals surface area contributed by atoms with E-state index in [1.165, 1.54) is 40.1 Å². The lowest BCUT2D eigenvalue weighted by Crippen LogP contribution is -2.20. The zero-order valence-corrected chi connectivity index (χ0v) is 13.8. The van der Waals surface area contributed by atoms with Gasteiger partial charge in [-0.15, -0.1) is 15.3 Å². The fourth-order valence-corrected chi connectivity index (χ4v) is 2.41. The molecule has 10 nitrogen and oxygen atoms in total. The second-order valence-corrected chi connectivity index (χ2v) is 5.47. The molecule has 0 radical (unpaired) electrons. The van der Waals surface area contributed by atoms with E-state index in [2.05, 4.69) is 36.3 Å². The lowest BCUT2D eigenvalue weighted by Gasteiger charge is -2.05. The molecule has 4 aromatic rings. The van der Waals surface area contributed by atoms with Crippen molar-refractivity contribution >= 4 is 11.6 Å². The van der Waals surface area contributed by atoms with Gasteiger partial charge in [0, 0.05) is 11.3 Å². The van der Waals surface area contributed by atoms with E-state index in [4.69, 9.17) is 0 Å². The molecule has 0 aliphatic carbocycles. The Kier molecular flexibility index (Phi) is 4.31. The number of halogens is 1. The standard InChI is InChI=1S/C16H12FN9O/c17-11-5-7-12(8-6-11)19-15(27)9-26-21-16(20-23-26)13-3-1-2-4-14(13)25-10-18-22-24-25/h1-8,10H,9H2,(H,19,27). The highest BCUT2D eigenvalue weighted by Gasteiger charge is 2.14. The maximum Gasteiger partial charge on any atom is 0.248 e. The molecule has 134 valence electrons. The molecule has 0 fully saturated rings. The average Bonchev–Trinajstić information content (AvgIpc) is 3.36. The van der Waals surface area contributed by atoms with Crippen LogP contribution in [-0.4, -0.2) is 46.3 Å². The zero-order chi connectivity index (χ0) is 18.6. The van der Waals surface area contributed by atoms with Gasteiger partial charge in [-0.05, 0) is 52.0 Å². The lowest BCUT2D eigenvalue weighted by molar-refractivity contribution is -0.117. The number of amides is 1. The molecule has 27 heavy (non-hydrogen) atoms. The predicted molar refractivity (Wildman–Crippen MR) is 91.0 cm³/mol. The zero-order valence-electron chi connectivity index (χ0n) is 13.8. The molecule has 0 unspecified atom stereocenters. The Labute approximate surface area is 151 Å². The van der Waals surface area contributed by atoms with Gasteiger partial charge >= 0.3 is 0 Å². The maximum atomic E-state index is 12.9. The van der Waals surface area contributed by atoms with E-state index in [0.717, 1.165) is 0 Å². The summed E-state index contributed by atoms with van der Waals surface area (Å²) in [6, 6.07) is 12.7. The number of benzene rings is 2. The van der Waals surface area contributed by atoms with E-state index in [1.54, 1.807) is 6.07 Å². The van der Waals surface area contributed by atoms with Crippen LogP contribution in [0.1, 0.15) is 0 Å². The summed E-state index contributed by atoms with van der Waals surface area (Å²) in [4.78, 5) is 13.3. The number of aromatic nitrogens is 8. The first kappa shape index (κ1) is 16.4. The van der Waals surface area contributed by atoms with Gasteiger partial charge in [-0.1, -0.05) is 12.1 Å². The Bertz CT molecular complexity index is 1060. The maximum absolute atomic E-state index is 12.9. The molecule has 0 aliphatic rings. The van der Waals surface area contributed by atoms with E-state index in [9.17, 15) is 9.18 Å². The molecule has 0 bridgehead atoms. The highest BCUT2D eigenvalue weighted by Crippen LogP contribution is 2.21. The molecule has 0 spiro atoms. The van der Waals surface area contributed by atoms with Crippen LogP contribution in [0.2, 0.25) is 0 Å². The number of hydrogen-bond donors (Lipinski definition) is 1.